The number of rotatable bonds is 5. The summed E-state index contributed by atoms with van der Waals surface area (Å²) in [5, 5.41) is 8.99. The van der Waals surface area contributed by atoms with Crippen LogP contribution in [0.15, 0.2) is 0 Å². The zero-order chi connectivity index (χ0) is 10.3. The lowest BCUT2D eigenvalue weighted by Gasteiger charge is -2.08. The van der Waals surface area contributed by atoms with Crippen molar-refractivity contribution in [1.29, 1.82) is 0 Å². The smallest absolute Gasteiger partial charge is 0.346 e. The molecule has 1 unspecified atom stereocenters. The summed E-state index contributed by atoms with van der Waals surface area (Å²) in [4.78, 5) is 21.6. The molecule has 0 saturated carbocycles. The summed E-state index contributed by atoms with van der Waals surface area (Å²) in [7, 11) is 0. The van der Waals surface area contributed by atoms with Crippen molar-refractivity contribution >= 4 is 11.9 Å². The Kier molecular flexibility index (Phi) is 5.88. The molecule has 0 aromatic rings. The molecule has 76 valence electrons. The maximum Gasteiger partial charge on any atom is 0.346 e. The number of aliphatic hydroxyl groups excluding tert-OH is 1. The SMILES string of the molecule is CCCOC(=O)C(O)C(=O)OCC. The molecule has 0 aliphatic carbocycles. The van der Waals surface area contributed by atoms with E-state index in [1.807, 2.05) is 6.92 Å². The van der Waals surface area contributed by atoms with E-state index in [0.717, 1.165) is 0 Å². The van der Waals surface area contributed by atoms with Gasteiger partial charge in [0, 0.05) is 0 Å². The molecule has 0 aromatic heterocycles. The van der Waals surface area contributed by atoms with E-state index in [-0.39, 0.29) is 13.2 Å². The van der Waals surface area contributed by atoms with Crippen LogP contribution in [0.4, 0.5) is 0 Å². The van der Waals surface area contributed by atoms with Gasteiger partial charge in [0.25, 0.3) is 0 Å². The average Bonchev–Trinajstić information content (AvgIpc) is 2.13. The summed E-state index contributed by atoms with van der Waals surface area (Å²) in [6.45, 7) is 3.71. The third kappa shape index (κ3) is 4.47. The molecule has 0 fully saturated rings. The Morgan fingerprint density at radius 1 is 1.23 bits per heavy atom. The summed E-state index contributed by atoms with van der Waals surface area (Å²) in [6.07, 6.45) is -1.17. The van der Waals surface area contributed by atoms with E-state index in [9.17, 15) is 9.59 Å². The van der Waals surface area contributed by atoms with Gasteiger partial charge in [-0.3, -0.25) is 0 Å². The van der Waals surface area contributed by atoms with Gasteiger partial charge in [-0.05, 0) is 13.3 Å². The van der Waals surface area contributed by atoms with E-state index in [1.165, 1.54) is 0 Å². The van der Waals surface area contributed by atoms with Gasteiger partial charge in [0.15, 0.2) is 0 Å². The first-order valence-corrected chi connectivity index (χ1v) is 4.14. The van der Waals surface area contributed by atoms with E-state index in [1.54, 1.807) is 6.92 Å². The highest BCUT2D eigenvalue weighted by atomic mass is 16.6. The van der Waals surface area contributed by atoms with Crippen molar-refractivity contribution < 1.29 is 24.2 Å². The van der Waals surface area contributed by atoms with Crippen LogP contribution in [0.1, 0.15) is 20.3 Å². The first-order valence-electron chi connectivity index (χ1n) is 4.14. The minimum atomic E-state index is -1.81. The predicted molar refractivity (Wildman–Crippen MR) is 43.9 cm³/mol. The lowest BCUT2D eigenvalue weighted by atomic mass is 10.4. The molecule has 5 heteroatoms. The van der Waals surface area contributed by atoms with Gasteiger partial charge in [0.2, 0.25) is 6.10 Å². The first-order chi connectivity index (χ1) is 6.13. The number of hydrogen-bond acceptors (Lipinski definition) is 5. The van der Waals surface area contributed by atoms with Gasteiger partial charge in [0.1, 0.15) is 0 Å². The summed E-state index contributed by atoms with van der Waals surface area (Å²) in [6, 6.07) is 0. The van der Waals surface area contributed by atoms with Crippen LogP contribution in [0.5, 0.6) is 0 Å². The van der Waals surface area contributed by atoms with Crippen LogP contribution in [0.25, 0.3) is 0 Å². The Labute approximate surface area is 76.6 Å². The van der Waals surface area contributed by atoms with Gasteiger partial charge in [-0.2, -0.15) is 0 Å². The van der Waals surface area contributed by atoms with Gasteiger partial charge in [0.05, 0.1) is 13.2 Å². The van der Waals surface area contributed by atoms with Gasteiger partial charge >= 0.3 is 11.9 Å². The summed E-state index contributed by atoms with van der Waals surface area (Å²) in [5.74, 6) is -1.93. The van der Waals surface area contributed by atoms with E-state index in [0.29, 0.717) is 6.42 Å². The predicted octanol–water partition coefficient (Wildman–Crippen LogP) is -0.136. The maximum absolute atomic E-state index is 10.8. The van der Waals surface area contributed by atoms with Crippen molar-refractivity contribution in [3.05, 3.63) is 0 Å². The van der Waals surface area contributed by atoms with Gasteiger partial charge < -0.3 is 14.6 Å². The summed E-state index contributed by atoms with van der Waals surface area (Å²) < 4.78 is 8.95. The molecular formula is C8H14O5. The second kappa shape index (κ2) is 6.42. The molecule has 0 rings (SSSR count). The molecule has 0 aliphatic heterocycles. The van der Waals surface area contributed by atoms with Crippen molar-refractivity contribution in [2.45, 2.75) is 26.4 Å². The van der Waals surface area contributed by atoms with Crippen LogP contribution in [-0.4, -0.2) is 36.4 Å². The number of carbonyl (C=O) groups is 2. The lowest BCUT2D eigenvalue weighted by Crippen LogP contribution is -2.33. The van der Waals surface area contributed by atoms with Crippen LogP contribution < -0.4 is 0 Å². The fourth-order valence-corrected chi connectivity index (χ4v) is 0.599. The number of hydrogen-bond donors (Lipinski definition) is 1. The third-order valence-corrected chi connectivity index (χ3v) is 1.18. The van der Waals surface area contributed by atoms with Crippen LogP contribution >= 0.6 is 0 Å². The molecule has 0 spiro atoms. The summed E-state index contributed by atoms with van der Waals surface area (Å²) >= 11 is 0. The second-order valence-electron chi connectivity index (χ2n) is 2.32. The largest absolute Gasteiger partial charge is 0.464 e. The van der Waals surface area contributed by atoms with Gasteiger partial charge in [-0.1, -0.05) is 6.92 Å². The molecule has 0 heterocycles. The maximum atomic E-state index is 10.8. The van der Waals surface area contributed by atoms with E-state index >= 15 is 0 Å². The quantitative estimate of drug-likeness (QED) is 0.482. The number of esters is 2. The Morgan fingerprint density at radius 2 is 1.77 bits per heavy atom. The van der Waals surface area contributed by atoms with Crippen molar-refractivity contribution in [2.75, 3.05) is 13.2 Å². The molecular weight excluding hydrogens is 176 g/mol. The molecule has 0 radical (unpaired) electrons. The van der Waals surface area contributed by atoms with Crippen LogP contribution in [-0.2, 0) is 19.1 Å². The highest BCUT2D eigenvalue weighted by Crippen LogP contribution is 1.93. The topological polar surface area (TPSA) is 72.8 Å². The Bertz CT molecular complexity index is 177. The normalized spacial score (nSPS) is 11.9. The first kappa shape index (κ1) is 11.9. The Hall–Kier alpha value is -1.10. The molecule has 5 nitrogen and oxygen atoms in total. The van der Waals surface area contributed by atoms with Crippen molar-refractivity contribution in [1.82, 2.24) is 0 Å². The van der Waals surface area contributed by atoms with Gasteiger partial charge in [-0.15, -0.1) is 0 Å². The third-order valence-electron chi connectivity index (χ3n) is 1.18. The number of carbonyl (C=O) groups excluding carboxylic acids is 2. The minimum Gasteiger partial charge on any atom is -0.464 e. The highest BCUT2D eigenvalue weighted by Gasteiger charge is 2.26. The second-order valence-corrected chi connectivity index (χ2v) is 2.32. The number of aliphatic hydroxyl groups is 1. The molecule has 0 bridgehead atoms. The standard InChI is InChI=1S/C8H14O5/c1-3-5-13-8(11)6(9)7(10)12-4-2/h6,9H,3-5H2,1-2H3. The monoisotopic (exact) mass is 190 g/mol. The lowest BCUT2D eigenvalue weighted by molar-refractivity contribution is -0.168. The molecule has 0 aromatic carbocycles. The van der Waals surface area contributed by atoms with Crippen molar-refractivity contribution in [3.8, 4) is 0 Å². The Morgan fingerprint density at radius 3 is 2.23 bits per heavy atom. The van der Waals surface area contributed by atoms with E-state index in [2.05, 4.69) is 9.47 Å². The fourth-order valence-electron chi connectivity index (χ4n) is 0.599. The molecule has 0 saturated heterocycles. The summed E-state index contributed by atoms with van der Waals surface area (Å²) in [5.41, 5.74) is 0. The van der Waals surface area contributed by atoms with Crippen LogP contribution in [0, 0.1) is 0 Å². The molecule has 1 atom stereocenters. The Balaban J connectivity index is 3.87. The van der Waals surface area contributed by atoms with Crippen molar-refractivity contribution in [3.63, 3.8) is 0 Å². The molecule has 1 N–H and O–H groups in total. The number of ether oxygens (including phenoxy) is 2. The average molecular weight is 190 g/mol. The highest BCUT2D eigenvalue weighted by molar-refractivity contribution is 5.97. The van der Waals surface area contributed by atoms with E-state index in [4.69, 9.17) is 5.11 Å². The van der Waals surface area contributed by atoms with E-state index < -0.39 is 18.0 Å². The van der Waals surface area contributed by atoms with Crippen LogP contribution in [0.2, 0.25) is 0 Å². The van der Waals surface area contributed by atoms with Crippen LogP contribution in [0.3, 0.4) is 0 Å². The minimum absolute atomic E-state index is 0.122. The molecule has 13 heavy (non-hydrogen) atoms. The molecule has 0 aliphatic rings. The molecule has 0 amide bonds. The zero-order valence-electron chi connectivity index (χ0n) is 7.78. The fraction of sp³-hybridized carbons (Fsp3) is 0.750. The van der Waals surface area contributed by atoms with Crippen molar-refractivity contribution in [2.24, 2.45) is 0 Å². The zero-order valence-corrected chi connectivity index (χ0v) is 7.78. The van der Waals surface area contributed by atoms with Gasteiger partial charge in [-0.25, -0.2) is 9.59 Å².